The predicted octanol–water partition coefficient (Wildman–Crippen LogP) is 4.58. The Morgan fingerprint density at radius 3 is 2.52 bits per heavy atom. The number of amides is 1. The molecule has 1 heterocycles. The highest BCUT2D eigenvalue weighted by molar-refractivity contribution is 6.30. The monoisotopic (exact) mass is 456 g/mol. The molecule has 2 bridgehead atoms. The molecule has 5 nitrogen and oxygen atoms in total. The second kappa shape index (κ2) is 7.47. The highest BCUT2D eigenvalue weighted by Crippen LogP contribution is 2.69. The first-order chi connectivity index (χ1) is 14.5. The lowest BCUT2D eigenvalue weighted by Crippen LogP contribution is -2.75. The summed E-state index contributed by atoms with van der Waals surface area (Å²) in [7, 11) is 0. The normalized spacial score (nSPS) is 24.0. The number of hydrogen-bond donors (Lipinski definition) is 1. The maximum Gasteiger partial charge on any atom is 0.416 e. The van der Waals surface area contributed by atoms with Gasteiger partial charge in [0.1, 0.15) is 23.9 Å². The molecule has 5 rings (SSSR count). The summed E-state index contributed by atoms with van der Waals surface area (Å²) in [4.78, 5) is 28.3. The van der Waals surface area contributed by atoms with Gasteiger partial charge in [0.25, 0.3) is 5.91 Å². The van der Waals surface area contributed by atoms with E-state index in [9.17, 15) is 27.2 Å². The highest BCUT2D eigenvalue weighted by atomic mass is 35.5. The topological polar surface area (TPSA) is 68.3 Å². The van der Waals surface area contributed by atoms with Gasteiger partial charge in [-0.1, -0.05) is 11.6 Å². The third-order valence-corrected chi connectivity index (χ3v) is 6.01. The number of pyridine rings is 1. The van der Waals surface area contributed by atoms with Gasteiger partial charge in [0.15, 0.2) is 5.78 Å². The van der Waals surface area contributed by atoms with Crippen molar-refractivity contribution < 1.29 is 31.9 Å². The molecule has 2 aromatic rings. The summed E-state index contributed by atoms with van der Waals surface area (Å²) in [5.41, 5.74) is -1.98. The number of alkyl halides is 3. The molecule has 0 aliphatic heterocycles. The maximum atomic E-state index is 13.4. The molecule has 1 aromatic carbocycles. The van der Waals surface area contributed by atoms with E-state index in [0.717, 1.165) is 24.4 Å². The molecule has 3 aliphatic carbocycles. The molecular weight excluding hydrogens is 440 g/mol. The van der Waals surface area contributed by atoms with Crippen LogP contribution < -0.4 is 10.1 Å². The number of benzene rings is 1. The van der Waals surface area contributed by atoms with Crippen LogP contribution in [0.1, 0.15) is 41.7 Å². The Labute approximate surface area is 179 Å². The molecule has 1 aromatic heterocycles. The van der Waals surface area contributed by atoms with Crippen molar-refractivity contribution in [3.63, 3.8) is 0 Å². The third kappa shape index (κ3) is 4.37. The van der Waals surface area contributed by atoms with Gasteiger partial charge in [-0.25, -0.2) is 4.39 Å². The second-order valence-electron chi connectivity index (χ2n) is 8.27. The van der Waals surface area contributed by atoms with E-state index in [1.54, 1.807) is 0 Å². The summed E-state index contributed by atoms with van der Waals surface area (Å²) in [5, 5.41) is 2.71. The van der Waals surface area contributed by atoms with Crippen LogP contribution in [0.4, 0.5) is 17.6 Å². The van der Waals surface area contributed by atoms with Crippen molar-refractivity contribution in [1.29, 1.82) is 0 Å². The molecular formula is C21H17ClF4N2O3. The van der Waals surface area contributed by atoms with Crippen molar-refractivity contribution in [2.45, 2.75) is 37.4 Å². The van der Waals surface area contributed by atoms with Gasteiger partial charge in [-0.3, -0.25) is 14.6 Å². The fourth-order valence-electron chi connectivity index (χ4n) is 4.55. The van der Waals surface area contributed by atoms with E-state index in [1.165, 1.54) is 12.1 Å². The molecule has 3 aliphatic rings. The minimum absolute atomic E-state index is 0.0415. The first-order valence-electron chi connectivity index (χ1n) is 9.45. The zero-order valence-corrected chi connectivity index (χ0v) is 16.8. The van der Waals surface area contributed by atoms with E-state index in [1.807, 2.05) is 0 Å². The minimum Gasteiger partial charge on any atom is -0.486 e. The van der Waals surface area contributed by atoms with Crippen molar-refractivity contribution in [3.8, 4) is 5.75 Å². The van der Waals surface area contributed by atoms with Crippen LogP contribution in [-0.2, 0) is 11.0 Å². The van der Waals surface area contributed by atoms with Gasteiger partial charge in [0, 0.05) is 24.2 Å². The van der Waals surface area contributed by atoms with Crippen molar-refractivity contribution in [3.05, 3.63) is 58.6 Å². The van der Waals surface area contributed by atoms with Gasteiger partial charge >= 0.3 is 6.18 Å². The number of carbonyl (C=O) groups is 2. The van der Waals surface area contributed by atoms with Crippen molar-refractivity contribution in [2.24, 2.45) is 5.41 Å². The molecule has 0 saturated heterocycles. The van der Waals surface area contributed by atoms with Gasteiger partial charge in [0.2, 0.25) is 0 Å². The van der Waals surface area contributed by atoms with Crippen LogP contribution in [-0.4, -0.2) is 28.8 Å². The summed E-state index contributed by atoms with van der Waals surface area (Å²) >= 11 is 5.60. The fourth-order valence-corrected chi connectivity index (χ4v) is 4.67. The number of carbonyl (C=O) groups excluding carboxylic acids is 2. The fraction of sp³-hybridized carbons (Fsp3) is 0.381. The van der Waals surface area contributed by atoms with Gasteiger partial charge in [0.05, 0.1) is 10.6 Å². The lowest BCUT2D eigenvalue weighted by Gasteiger charge is -2.70. The summed E-state index contributed by atoms with van der Waals surface area (Å²) in [6, 6.07) is 5.43. The molecule has 1 amide bonds. The zero-order chi connectivity index (χ0) is 22.4. The number of hydrogen-bond acceptors (Lipinski definition) is 4. The largest absolute Gasteiger partial charge is 0.486 e. The number of nitrogens with one attached hydrogen (secondary N) is 1. The predicted molar refractivity (Wildman–Crippen MR) is 102 cm³/mol. The number of Topliss-reactive ketones (excluding diaryl/α,β-unsaturated/α-hetero) is 1. The Hall–Kier alpha value is -2.68. The average molecular weight is 457 g/mol. The van der Waals surface area contributed by atoms with E-state index in [-0.39, 0.29) is 40.7 Å². The summed E-state index contributed by atoms with van der Waals surface area (Å²) in [6.45, 7) is -0.212. The highest BCUT2D eigenvalue weighted by Gasteiger charge is 2.68. The molecule has 1 N–H and O–H groups in total. The quantitative estimate of drug-likeness (QED) is 0.619. The lowest BCUT2D eigenvalue weighted by atomic mass is 9.38. The van der Waals surface area contributed by atoms with E-state index in [0.29, 0.717) is 19.3 Å². The molecule has 3 fully saturated rings. The summed E-state index contributed by atoms with van der Waals surface area (Å²) in [5.74, 6) is -1.27. The molecule has 0 spiro atoms. The number of nitrogens with zero attached hydrogens (tertiary/aromatic N) is 1. The van der Waals surface area contributed by atoms with Gasteiger partial charge in [-0.05, 0) is 48.9 Å². The van der Waals surface area contributed by atoms with Gasteiger partial charge in [-0.2, -0.15) is 13.2 Å². The molecule has 0 atom stereocenters. The smallest absolute Gasteiger partial charge is 0.416 e. The number of rotatable bonds is 7. The standard InChI is InChI=1S/C21H17ClF4N2O3/c22-15-2-1-14(6-16(15)23)31-8-13(29)7-19-9-20(10-19,11-19)28-18(30)17-5-12(3-4-27-17)21(24,25)26/h1-6H,7-11H2,(H,28,30). The molecule has 164 valence electrons. The molecule has 0 unspecified atom stereocenters. The van der Waals surface area contributed by atoms with Crippen molar-refractivity contribution in [1.82, 2.24) is 10.3 Å². The molecule has 0 radical (unpaired) electrons. The average Bonchev–Trinajstić information content (AvgIpc) is 2.65. The summed E-state index contributed by atoms with van der Waals surface area (Å²) in [6.07, 6.45) is -1.67. The number of ketones is 1. The Morgan fingerprint density at radius 1 is 1.16 bits per heavy atom. The van der Waals surface area contributed by atoms with Crippen LogP contribution in [0.3, 0.4) is 0 Å². The van der Waals surface area contributed by atoms with E-state index < -0.39 is 29.0 Å². The lowest BCUT2D eigenvalue weighted by molar-refractivity contribution is -0.162. The Balaban J connectivity index is 1.26. The Morgan fingerprint density at radius 2 is 1.87 bits per heavy atom. The van der Waals surface area contributed by atoms with Gasteiger partial charge in [-0.15, -0.1) is 0 Å². The third-order valence-electron chi connectivity index (χ3n) is 5.70. The zero-order valence-electron chi connectivity index (χ0n) is 16.1. The van der Waals surface area contributed by atoms with Crippen molar-refractivity contribution in [2.75, 3.05) is 6.61 Å². The molecule has 10 heteroatoms. The Bertz CT molecular complexity index is 1040. The van der Waals surface area contributed by atoms with Crippen LogP contribution in [0.25, 0.3) is 0 Å². The van der Waals surface area contributed by atoms with Crippen LogP contribution in [0.5, 0.6) is 5.75 Å². The molecule has 31 heavy (non-hydrogen) atoms. The van der Waals surface area contributed by atoms with Crippen LogP contribution >= 0.6 is 11.6 Å². The van der Waals surface area contributed by atoms with E-state index in [2.05, 4.69) is 10.3 Å². The Kier molecular flexibility index (Phi) is 5.20. The van der Waals surface area contributed by atoms with Gasteiger partial charge < -0.3 is 10.1 Å². The minimum atomic E-state index is -4.56. The van der Waals surface area contributed by atoms with Crippen LogP contribution in [0, 0.1) is 11.2 Å². The number of ether oxygens (including phenoxy) is 1. The van der Waals surface area contributed by atoms with Crippen LogP contribution in [0.2, 0.25) is 5.02 Å². The SMILES string of the molecule is O=C(COc1ccc(Cl)c(F)c1)CC12CC(NC(=O)c3cc(C(F)(F)F)ccn3)(C1)C2. The first-order valence-corrected chi connectivity index (χ1v) is 9.83. The van der Waals surface area contributed by atoms with Crippen molar-refractivity contribution >= 4 is 23.3 Å². The number of halogens is 5. The summed E-state index contributed by atoms with van der Waals surface area (Å²) < 4.78 is 57.1. The second-order valence-corrected chi connectivity index (χ2v) is 8.68. The van der Waals surface area contributed by atoms with E-state index >= 15 is 0 Å². The maximum absolute atomic E-state index is 13.4. The first kappa shape index (κ1) is 21.5. The number of aromatic nitrogens is 1. The van der Waals surface area contributed by atoms with E-state index in [4.69, 9.17) is 16.3 Å². The molecule has 3 saturated carbocycles. The van der Waals surface area contributed by atoms with Crippen LogP contribution in [0.15, 0.2) is 36.5 Å².